The Bertz CT molecular complexity index is 815. The van der Waals surface area contributed by atoms with E-state index in [0.717, 1.165) is 23.3 Å². The number of hydrogen-bond donors (Lipinski definition) is 1. The maximum absolute atomic E-state index is 13.5. The van der Waals surface area contributed by atoms with Gasteiger partial charge in [0, 0.05) is 5.56 Å². The van der Waals surface area contributed by atoms with Crippen LogP contribution in [-0.2, 0) is 0 Å². The van der Waals surface area contributed by atoms with Gasteiger partial charge in [-0.25, -0.2) is 4.39 Å². The number of halogens is 6. The Kier molecular flexibility index (Phi) is 5.72. The van der Waals surface area contributed by atoms with Crippen molar-refractivity contribution in [1.29, 1.82) is 0 Å². The minimum atomic E-state index is -5.80. The molecule has 0 aliphatic carbocycles. The van der Waals surface area contributed by atoms with Crippen LogP contribution in [0.1, 0.15) is 21.5 Å². The zero-order chi connectivity index (χ0) is 20.4. The lowest BCUT2D eigenvalue weighted by atomic mass is 10.1. The van der Waals surface area contributed by atoms with E-state index in [1.165, 1.54) is 12.1 Å². The summed E-state index contributed by atoms with van der Waals surface area (Å²) >= 11 is 0. The third-order valence-corrected chi connectivity index (χ3v) is 3.45. The first-order chi connectivity index (χ1) is 12.4. The SMILES string of the molecule is Cc1cc(C)cc(C(=O)Nc2ccccc2OC(F)(F)[C@H](F)C(F)(F)F)c1. The number of benzene rings is 2. The van der Waals surface area contributed by atoms with Gasteiger partial charge in [0.15, 0.2) is 0 Å². The average molecular weight is 391 g/mol. The normalized spacial score (nSPS) is 13.2. The molecule has 0 radical (unpaired) electrons. The minimum absolute atomic E-state index is 0.215. The highest BCUT2D eigenvalue weighted by molar-refractivity contribution is 6.05. The van der Waals surface area contributed by atoms with Crippen molar-refractivity contribution < 1.29 is 35.9 Å². The molecule has 27 heavy (non-hydrogen) atoms. The standard InChI is InChI=1S/C18H15F6NO2/c1-10-7-11(2)9-12(8-10)15(26)25-13-5-3-4-6-14(13)27-18(23,24)16(19)17(20,21)22/h3-9,16H,1-2H3,(H,25,26)/t16-/m1/s1. The summed E-state index contributed by atoms with van der Waals surface area (Å²) < 4.78 is 80.8. The van der Waals surface area contributed by atoms with Gasteiger partial charge in [0.05, 0.1) is 5.69 Å². The molecule has 0 aliphatic rings. The Hall–Kier alpha value is -2.71. The number of alkyl halides is 6. The van der Waals surface area contributed by atoms with Crippen LogP contribution in [0.3, 0.4) is 0 Å². The van der Waals surface area contributed by atoms with Gasteiger partial charge in [-0.05, 0) is 38.1 Å². The maximum atomic E-state index is 13.5. The van der Waals surface area contributed by atoms with E-state index >= 15 is 0 Å². The van der Waals surface area contributed by atoms with Gasteiger partial charge in [-0.15, -0.1) is 0 Å². The molecule has 0 aromatic heterocycles. The van der Waals surface area contributed by atoms with E-state index in [2.05, 4.69) is 10.1 Å². The Morgan fingerprint density at radius 1 is 1.00 bits per heavy atom. The van der Waals surface area contributed by atoms with Crippen molar-refractivity contribution in [3.05, 3.63) is 59.2 Å². The summed E-state index contributed by atoms with van der Waals surface area (Å²) in [5.41, 5.74) is 1.45. The fourth-order valence-corrected chi connectivity index (χ4v) is 2.35. The Balaban J connectivity index is 2.26. The molecule has 146 valence electrons. The van der Waals surface area contributed by atoms with E-state index in [0.29, 0.717) is 0 Å². The van der Waals surface area contributed by atoms with Crippen LogP contribution in [-0.4, -0.2) is 24.4 Å². The summed E-state index contributed by atoms with van der Waals surface area (Å²) in [4.78, 5) is 12.3. The average Bonchev–Trinajstić information content (AvgIpc) is 2.54. The molecular weight excluding hydrogens is 376 g/mol. The first-order valence-electron chi connectivity index (χ1n) is 7.66. The van der Waals surface area contributed by atoms with E-state index in [1.807, 2.05) is 6.07 Å². The molecule has 0 aliphatic heterocycles. The van der Waals surface area contributed by atoms with Gasteiger partial charge in [-0.1, -0.05) is 29.3 Å². The molecule has 9 heteroatoms. The van der Waals surface area contributed by atoms with Crippen LogP contribution < -0.4 is 10.1 Å². The highest BCUT2D eigenvalue weighted by Gasteiger charge is 2.59. The monoisotopic (exact) mass is 391 g/mol. The van der Waals surface area contributed by atoms with Crippen molar-refractivity contribution in [2.75, 3.05) is 5.32 Å². The number of carbonyl (C=O) groups is 1. The van der Waals surface area contributed by atoms with Crippen molar-refractivity contribution >= 4 is 11.6 Å². The Morgan fingerprint density at radius 2 is 1.56 bits per heavy atom. The Morgan fingerprint density at radius 3 is 2.11 bits per heavy atom. The van der Waals surface area contributed by atoms with Crippen molar-refractivity contribution in [3.8, 4) is 5.75 Å². The predicted octanol–water partition coefficient (Wildman–Crippen LogP) is 5.43. The largest absolute Gasteiger partial charge is 0.439 e. The van der Waals surface area contributed by atoms with Crippen LogP contribution in [0, 0.1) is 13.8 Å². The van der Waals surface area contributed by atoms with Gasteiger partial charge < -0.3 is 10.1 Å². The number of rotatable bonds is 5. The molecule has 0 saturated heterocycles. The molecule has 2 rings (SSSR count). The first-order valence-corrected chi connectivity index (χ1v) is 7.66. The van der Waals surface area contributed by atoms with Gasteiger partial charge in [0.1, 0.15) is 5.75 Å². The van der Waals surface area contributed by atoms with Crippen molar-refractivity contribution in [3.63, 3.8) is 0 Å². The number of amides is 1. The number of carbonyl (C=O) groups excluding carboxylic acids is 1. The second-order valence-corrected chi connectivity index (χ2v) is 5.89. The number of aryl methyl sites for hydroxylation is 2. The van der Waals surface area contributed by atoms with Crippen LogP contribution in [0.25, 0.3) is 0 Å². The first kappa shape index (κ1) is 20.6. The second-order valence-electron chi connectivity index (χ2n) is 5.89. The molecule has 0 saturated carbocycles. The zero-order valence-electron chi connectivity index (χ0n) is 14.2. The smallest absolute Gasteiger partial charge is 0.428 e. The van der Waals surface area contributed by atoms with Gasteiger partial charge in [-0.2, -0.15) is 22.0 Å². The maximum Gasteiger partial charge on any atom is 0.439 e. The molecule has 1 amide bonds. The molecule has 0 bridgehead atoms. The van der Waals surface area contributed by atoms with E-state index in [4.69, 9.17) is 0 Å². The van der Waals surface area contributed by atoms with Crippen molar-refractivity contribution in [1.82, 2.24) is 0 Å². The Labute approximate surface area is 150 Å². The van der Waals surface area contributed by atoms with Crippen molar-refractivity contribution in [2.45, 2.75) is 32.3 Å². The highest BCUT2D eigenvalue weighted by Crippen LogP contribution is 2.38. The van der Waals surface area contributed by atoms with E-state index < -0.39 is 30.1 Å². The molecule has 1 N–H and O–H groups in total. The molecule has 2 aromatic rings. The van der Waals surface area contributed by atoms with E-state index in [-0.39, 0.29) is 11.3 Å². The number of para-hydroxylation sites is 2. The third-order valence-electron chi connectivity index (χ3n) is 3.45. The minimum Gasteiger partial charge on any atom is -0.428 e. The lowest BCUT2D eigenvalue weighted by molar-refractivity contribution is -0.304. The van der Waals surface area contributed by atoms with Crippen molar-refractivity contribution in [2.24, 2.45) is 0 Å². The van der Waals surface area contributed by atoms with Gasteiger partial charge in [0.2, 0.25) is 0 Å². The number of ether oxygens (including phenoxy) is 1. The molecule has 0 unspecified atom stereocenters. The lowest BCUT2D eigenvalue weighted by Gasteiger charge is -2.24. The van der Waals surface area contributed by atoms with Crippen LogP contribution in [0.5, 0.6) is 5.75 Å². The molecule has 2 aromatic carbocycles. The van der Waals surface area contributed by atoms with E-state index in [9.17, 15) is 31.1 Å². The predicted molar refractivity (Wildman–Crippen MR) is 86.8 cm³/mol. The number of hydrogen-bond acceptors (Lipinski definition) is 2. The quantitative estimate of drug-likeness (QED) is 0.691. The lowest BCUT2D eigenvalue weighted by Crippen LogP contribution is -2.45. The molecular formula is C18H15F6NO2. The number of anilines is 1. The van der Waals surface area contributed by atoms with Crippen LogP contribution in [0.4, 0.5) is 32.0 Å². The van der Waals surface area contributed by atoms with E-state index in [1.54, 1.807) is 26.0 Å². The molecule has 0 fully saturated rings. The number of nitrogens with one attached hydrogen (secondary N) is 1. The van der Waals surface area contributed by atoms with Crippen LogP contribution >= 0.6 is 0 Å². The summed E-state index contributed by atoms with van der Waals surface area (Å²) in [6, 6.07) is 9.48. The fourth-order valence-electron chi connectivity index (χ4n) is 2.35. The van der Waals surface area contributed by atoms with Gasteiger partial charge in [0.25, 0.3) is 12.1 Å². The second kappa shape index (κ2) is 7.50. The summed E-state index contributed by atoms with van der Waals surface area (Å²) in [5, 5.41) is 2.28. The summed E-state index contributed by atoms with van der Waals surface area (Å²) in [5.74, 6) is -1.49. The summed E-state index contributed by atoms with van der Waals surface area (Å²) in [6.45, 7) is 3.50. The van der Waals surface area contributed by atoms with Gasteiger partial charge >= 0.3 is 12.3 Å². The third kappa shape index (κ3) is 5.15. The summed E-state index contributed by atoms with van der Waals surface area (Å²) in [6.07, 6.45) is -15.5. The molecule has 0 heterocycles. The van der Waals surface area contributed by atoms with Gasteiger partial charge in [-0.3, -0.25) is 4.79 Å². The zero-order valence-corrected chi connectivity index (χ0v) is 14.2. The highest BCUT2D eigenvalue weighted by atomic mass is 19.4. The summed E-state index contributed by atoms with van der Waals surface area (Å²) in [7, 11) is 0. The fraction of sp³-hybridized carbons (Fsp3) is 0.278. The molecule has 3 nitrogen and oxygen atoms in total. The molecule has 1 atom stereocenters. The van der Waals surface area contributed by atoms with Crippen LogP contribution in [0.2, 0.25) is 0 Å². The molecule has 0 spiro atoms. The van der Waals surface area contributed by atoms with Crippen LogP contribution in [0.15, 0.2) is 42.5 Å². The topological polar surface area (TPSA) is 38.3 Å².